The average Bonchev–Trinajstić information content (AvgIpc) is 3.28. The maximum Gasteiger partial charge on any atom is 0.246 e. The van der Waals surface area contributed by atoms with Gasteiger partial charge in [-0.2, -0.15) is 0 Å². The van der Waals surface area contributed by atoms with E-state index < -0.39 is 0 Å². The molecule has 2 aromatic heterocycles. The molecule has 7 heteroatoms. The Morgan fingerprint density at radius 1 is 1.43 bits per heavy atom. The van der Waals surface area contributed by atoms with Crippen molar-refractivity contribution in [3.05, 3.63) is 40.2 Å². The third-order valence-electron chi connectivity index (χ3n) is 4.42. The smallest absolute Gasteiger partial charge is 0.246 e. The van der Waals surface area contributed by atoms with Crippen LogP contribution in [-0.2, 0) is 9.53 Å². The number of aromatic nitrogens is 2. The summed E-state index contributed by atoms with van der Waals surface area (Å²) in [5, 5.41) is 10.0. The molecule has 0 aliphatic carbocycles. The van der Waals surface area contributed by atoms with Gasteiger partial charge in [-0.3, -0.25) is 4.79 Å². The van der Waals surface area contributed by atoms with Crippen molar-refractivity contribution in [3.8, 4) is 0 Å². The molecular weight excluding hydrogens is 314 g/mol. The van der Waals surface area contributed by atoms with Gasteiger partial charge in [0, 0.05) is 36.9 Å². The van der Waals surface area contributed by atoms with Gasteiger partial charge in [-0.15, -0.1) is 21.5 Å². The van der Waals surface area contributed by atoms with E-state index in [1.165, 1.54) is 0 Å². The molecule has 0 saturated carbocycles. The van der Waals surface area contributed by atoms with Gasteiger partial charge in [-0.1, -0.05) is 6.07 Å². The molecule has 3 atom stereocenters. The molecule has 2 saturated heterocycles. The van der Waals surface area contributed by atoms with E-state index in [0.717, 1.165) is 4.88 Å². The molecule has 0 N–H and O–H groups in total. The summed E-state index contributed by atoms with van der Waals surface area (Å²) in [6.45, 7) is 3.67. The van der Waals surface area contributed by atoms with Crippen LogP contribution < -0.4 is 0 Å². The lowest BCUT2D eigenvalue weighted by Crippen LogP contribution is -2.29. The first-order valence-electron chi connectivity index (χ1n) is 7.63. The molecule has 4 heterocycles. The van der Waals surface area contributed by atoms with Crippen molar-refractivity contribution >= 4 is 23.3 Å². The van der Waals surface area contributed by atoms with Crippen molar-refractivity contribution in [2.75, 3.05) is 19.7 Å². The molecular formula is C16H17N3O3S. The van der Waals surface area contributed by atoms with E-state index in [9.17, 15) is 4.79 Å². The zero-order valence-electron chi connectivity index (χ0n) is 12.7. The summed E-state index contributed by atoms with van der Waals surface area (Å²) in [5.41, 5.74) is 0. The van der Waals surface area contributed by atoms with Gasteiger partial charge in [0.25, 0.3) is 0 Å². The normalized spacial score (nSPS) is 27.0. The lowest BCUT2D eigenvalue weighted by molar-refractivity contribution is -0.125. The summed E-state index contributed by atoms with van der Waals surface area (Å²) in [6.07, 6.45) is 3.56. The second-order valence-corrected chi connectivity index (χ2v) is 6.87. The lowest BCUT2D eigenvalue weighted by Gasteiger charge is -2.16. The molecule has 0 unspecified atom stereocenters. The Balaban J connectivity index is 1.43. The number of nitrogens with zero attached hydrogens (tertiary/aromatic N) is 3. The highest BCUT2D eigenvalue weighted by molar-refractivity contribution is 7.10. The van der Waals surface area contributed by atoms with Gasteiger partial charge in [-0.05, 0) is 17.5 Å². The third-order valence-corrected chi connectivity index (χ3v) is 5.26. The van der Waals surface area contributed by atoms with Crippen molar-refractivity contribution in [2.45, 2.75) is 18.9 Å². The minimum absolute atomic E-state index is 0.0249. The van der Waals surface area contributed by atoms with Crippen molar-refractivity contribution in [3.63, 3.8) is 0 Å². The van der Waals surface area contributed by atoms with Gasteiger partial charge in [0.1, 0.15) is 0 Å². The molecule has 2 fully saturated rings. The SMILES string of the molecule is Cc1nnc([C@@H]2CO[C@H]3CN(C(=O)/C=C/c4cccs4)C[C@H]32)o1. The minimum atomic E-state index is 0.0249. The first-order valence-corrected chi connectivity index (χ1v) is 8.51. The van der Waals surface area contributed by atoms with E-state index in [1.807, 2.05) is 28.5 Å². The fourth-order valence-corrected chi connectivity index (χ4v) is 3.87. The maximum absolute atomic E-state index is 12.4. The van der Waals surface area contributed by atoms with Crippen molar-refractivity contribution in [1.82, 2.24) is 15.1 Å². The highest BCUT2D eigenvalue weighted by atomic mass is 32.1. The Labute approximate surface area is 137 Å². The fraction of sp³-hybridized carbons (Fsp3) is 0.438. The van der Waals surface area contributed by atoms with Gasteiger partial charge >= 0.3 is 0 Å². The number of rotatable bonds is 3. The lowest BCUT2D eigenvalue weighted by atomic mass is 9.93. The van der Waals surface area contributed by atoms with Crippen LogP contribution in [-0.4, -0.2) is 46.8 Å². The zero-order chi connectivity index (χ0) is 15.8. The number of amides is 1. The van der Waals surface area contributed by atoms with Crippen molar-refractivity contribution in [2.24, 2.45) is 5.92 Å². The van der Waals surface area contributed by atoms with Crippen LogP contribution in [0.15, 0.2) is 28.0 Å². The van der Waals surface area contributed by atoms with Crippen molar-refractivity contribution in [1.29, 1.82) is 0 Å². The highest BCUT2D eigenvalue weighted by Gasteiger charge is 2.47. The predicted molar refractivity (Wildman–Crippen MR) is 84.9 cm³/mol. The number of ether oxygens (including phenoxy) is 1. The first-order chi connectivity index (χ1) is 11.2. The van der Waals surface area contributed by atoms with Gasteiger partial charge in [0.2, 0.25) is 17.7 Å². The Bertz CT molecular complexity index is 725. The van der Waals surface area contributed by atoms with E-state index in [0.29, 0.717) is 31.5 Å². The highest BCUT2D eigenvalue weighted by Crippen LogP contribution is 2.39. The Kier molecular flexibility index (Phi) is 3.74. The Hall–Kier alpha value is -1.99. The van der Waals surface area contributed by atoms with Crippen LogP contribution in [0.25, 0.3) is 6.08 Å². The molecule has 0 aromatic carbocycles. The third kappa shape index (κ3) is 2.82. The van der Waals surface area contributed by atoms with E-state index in [4.69, 9.17) is 9.15 Å². The molecule has 0 spiro atoms. The molecule has 2 aliphatic heterocycles. The van der Waals surface area contributed by atoms with E-state index in [2.05, 4.69) is 10.2 Å². The first kappa shape index (κ1) is 14.6. The second kappa shape index (κ2) is 5.90. The number of hydrogen-bond donors (Lipinski definition) is 0. The number of carbonyl (C=O) groups is 1. The fourth-order valence-electron chi connectivity index (χ4n) is 3.25. The van der Waals surface area contributed by atoms with Crippen LogP contribution in [0.4, 0.5) is 0 Å². The molecule has 1 amide bonds. The topological polar surface area (TPSA) is 68.5 Å². The number of aryl methyl sites for hydroxylation is 1. The largest absolute Gasteiger partial charge is 0.425 e. The van der Waals surface area contributed by atoms with Crippen molar-refractivity contribution < 1.29 is 13.9 Å². The van der Waals surface area contributed by atoms with Gasteiger partial charge in [-0.25, -0.2) is 0 Å². The predicted octanol–water partition coefficient (Wildman–Crippen LogP) is 2.09. The van der Waals surface area contributed by atoms with E-state index in [1.54, 1.807) is 24.3 Å². The maximum atomic E-state index is 12.4. The summed E-state index contributed by atoms with van der Waals surface area (Å²) >= 11 is 1.61. The summed E-state index contributed by atoms with van der Waals surface area (Å²) in [6, 6.07) is 3.96. The molecule has 120 valence electrons. The molecule has 2 aromatic rings. The summed E-state index contributed by atoms with van der Waals surface area (Å²) in [4.78, 5) is 15.3. The molecule has 0 bridgehead atoms. The van der Waals surface area contributed by atoms with Gasteiger partial charge < -0.3 is 14.1 Å². The number of fused-ring (bicyclic) bond motifs is 1. The van der Waals surface area contributed by atoms with E-state index in [-0.39, 0.29) is 23.8 Å². The number of likely N-dealkylation sites (tertiary alicyclic amines) is 1. The zero-order valence-corrected chi connectivity index (χ0v) is 13.5. The van der Waals surface area contributed by atoms with Gasteiger partial charge in [0.05, 0.1) is 18.6 Å². The van der Waals surface area contributed by atoms with E-state index >= 15 is 0 Å². The van der Waals surface area contributed by atoms with Crippen LogP contribution in [0.3, 0.4) is 0 Å². The number of hydrogen-bond acceptors (Lipinski definition) is 6. The molecule has 23 heavy (non-hydrogen) atoms. The Morgan fingerprint density at radius 3 is 3.09 bits per heavy atom. The monoisotopic (exact) mass is 331 g/mol. The standard InChI is InChI=1S/C16H17N3O3S/c1-10-17-18-16(22-10)13-9-21-14-8-19(7-12(13)14)15(20)5-4-11-3-2-6-23-11/h2-6,12-14H,7-9H2,1H3/b5-4+/t12-,13+,14-/m0/s1. The molecule has 6 nitrogen and oxygen atoms in total. The second-order valence-electron chi connectivity index (χ2n) is 5.89. The van der Waals surface area contributed by atoms with Crippen LogP contribution in [0.1, 0.15) is 22.6 Å². The number of thiophene rings is 1. The average molecular weight is 331 g/mol. The summed E-state index contributed by atoms with van der Waals surface area (Å²) < 4.78 is 11.4. The van der Waals surface area contributed by atoms with Crippen LogP contribution in [0.2, 0.25) is 0 Å². The van der Waals surface area contributed by atoms with Crippen LogP contribution in [0.5, 0.6) is 0 Å². The van der Waals surface area contributed by atoms with Crippen LogP contribution in [0, 0.1) is 12.8 Å². The summed E-state index contributed by atoms with van der Waals surface area (Å²) in [7, 11) is 0. The minimum Gasteiger partial charge on any atom is -0.425 e. The number of carbonyl (C=O) groups excluding carboxylic acids is 1. The summed E-state index contributed by atoms with van der Waals surface area (Å²) in [5.74, 6) is 1.53. The molecule has 0 radical (unpaired) electrons. The quantitative estimate of drug-likeness (QED) is 0.806. The van der Waals surface area contributed by atoms with Gasteiger partial charge in [0.15, 0.2) is 0 Å². The molecule has 2 aliphatic rings. The Morgan fingerprint density at radius 2 is 2.35 bits per heavy atom. The van der Waals surface area contributed by atoms with Crippen LogP contribution >= 0.6 is 11.3 Å². The molecule has 4 rings (SSSR count).